The molecule has 0 amide bonds. The quantitative estimate of drug-likeness (QED) is 0.790. The molecule has 0 aliphatic heterocycles. The van der Waals surface area contributed by atoms with Crippen molar-refractivity contribution in [1.29, 1.82) is 0 Å². The highest BCUT2D eigenvalue weighted by atomic mass is 19.1. The zero-order valence-electron chi connectivity index (χ0n) is 11.8. The summed E-state index contributed by atoms with van der Waals surface area (Å²) in [5.74, 6) is 1.14. The number of aryl methyl sites for hydroxylation is 1. The molecule has 108 valence electrons. The third-order valence-electron chi connectivity index (χ3n) is 2.82. The summed E-state index contributed by atoms with van der Waals surface area (Å²) in [5, 5.41) is 7.10. The molecule has 0 atom stereocenters. The predicted molar refractivity (Wildman–Crippen MR) is 74.0 cm³/mol. The van der Waals surface area contributed by atoms with E-state index in [9.17, 15) is 4.39 Å². The first kappa shape index (κ1) is 14.5. The zero-order chi connectivity index (χ0) is 14.4. The van der Waals surface area contributed by atoms with Crippen LogP contribution >= 0.6 is 0 Å². The van der Waals surface area contributed by atoms with Crippen molar-refractivity contribution in [2.75, 3.05) is 6.54 Å². The highest BCUT2D eigenvalue weighted by Gasteiger charge is 2.07. The molecule has 4 nitrogen and oxygen atoms in total. The topological polar surface area (TPSA) is 47.3 Å². The molecule has 1 N–H and O–H groups in total. The van der Waals surface area contributed by atoms with Gasteiger partial charge in [0.05, 0.1) is 0 Å². The van der Waals surface area contributed by atoms with Crippen molar-refractivity contribution in [3.8, 4) is 5.75 Å². The van der Waals surface area contributed by atoms with Gasteiger partial charge in [0.1, 0.15) is 29.6 Å². The van der Waals surface area contributed by atoms with Gasteiger partial charge in [-0.25, -0.2) is 4.39 Å². The Morgan fingerprint density at radius 1 is 1.35 bits per heavy atom. The molecule has 1 aromatic heterocycles. The van der Waals surface area contributed by atoms with Crippen molar-refractivity contribution in [3.63, 3.8) is 0 Å². The van der Waals surface area contributed by atoms with Crippen LogP contribution < -0.4 is 10.1 Å². The maximum Gasteiger partial charge on any atom is 0.134 e. The standard InChI is InChI=1S/C15H19FN2O2/c1-3-6-17-9-12-8-13(16)4-5-15(12)19-10-14-7-11(2)20-18-14/h4-5,7-8,17H,3,6,9-10H2,1-2H3. The number of hydrogen-bond acceptors (Lipinski definition) is 4. The summed E-state index contributed by atoms with van der Waals surface area (Å²) in [6, 6.07) is 6.35. The Hall–Kier alpha value is -1.88. The summed E-state index contributed by atoms with van der Waals surface area (Å²) in [6.45, 7) is 5.69. The average Bonchev–Trinajstić information content (AvgIpc) is 2.84. The Balaban J connectivity index is 2.01. The molecule has 0 aliphatic carbocycles. The smallest absolute Gasteiger partial charge is 0.134 e. The summed E-state index contributed by atoms with van der Waals surface area (Å²) >= 11 is 0. The second-order valence-electron chi connectivity index (χ2n) is 4.65. The van der Waals surface area contributed by atoms with Gasteiger partial charge in [-0.1, -0.05) is 12.1 Å². The van der Waals surface area contributed by atoms with E-state index in [-0.39, 0.29) is 5.82 Å². The van der Waals surface area contributed by atoms with Gasteiger partial charge in [0, 0.05) is 18.2 Å². The van der Waals surface area contributed by atoms with E-state index in [2.05, 4.69) is 17.4 Å². The molecule has 0 radical (unpaired) electrons. The molecule has 0 spiro atoms. The third kappa shape index (κ3) is 4.06. The van der Waals surface area contributed by atoms with Crippen LogP contribution in [0.5, 0.6) is 5.75 Å². The van der Waals surface area contributed by atoms with E-state index in [0.29, 0.717) is 18.9 Å². The van der Waals surface area contributed by atoms with Gasteiger partial charge in [-0.2, -0.15) is 0 Å². The van der Waals surface area contributed by atoms with Crippen molar-refractivity contribution >= 4 is 0 Å². The number of halogens is 1. The minimum Gasteiger partial charge on any atom is -0.487 e. The monoisotopic (exact) mass is 278 g/mol. The Labute approximate surface area is 117 Å². The van der Waals surface area contributed by atoms with Crippen LogP contribution in [0.2, 0.25) is 0 Å². The molecule has 0 bridgehead atoms. The van der Waals surface area contributed by atoms with Gasteiger partial charge in [-0.3, -0.25) is 0 Å². The van der Waals surface area contributed by atoms with Crippen LogP contribution in [-0.2, 0) is 13.2 Å². The van der Waals surface area contributed by atoms with E-state index in [1.807, 2.05) is 13.0 Å². The molecule has 1 aromatic carbocycles. The molecule has 0 aliphatic rings. The van der Waals surface area contributed by atoms with Crippen molar-refractivity contribution in [2.45, 2.75) is 33.4 Å². The molecular formula is C15H19FN2O2. The van der Waals surface area contributed by atoms with Crippen LogP contribution in [0.25, 0.3) is 0 Å². The maximum atomic E-state index is 13.3. The summed E-state index contributed by atoms with van der Waals surface area (Å²) in [5.41, 5.74) is 1.53. The average molecular weight is 278 g/mol. The van der Waals surface area contributed by atoms with Crippen molar-refractivity contribution in [3.05, 3.63) is 47.1 Å². The van der Waals surface area contributed by atoms with Gasteiger partial charge in [0.15, 0.2) is 0 Å². The normalized spacial score (nSPS) is 10.8. The number of ether oxygens (including phenoxy) is 1. The number of rotatable bonds is 7. The summed E-state index contributed by atoms with van der Waals surface area (Å²) in [7, 11) is 0. The minimum atomic E-state index is -0.261. The number of nitrogens with zero attached hydrogens (tertiary/aromatic N) is 1. The van der Waals surface area contributed by atoms with Gasteiger partial charge in [0.2, 0.25) is 0 Å². The van der Waals surface area contributed by atoms with Crippen LogP contribution in [0.15, 0.2) is 28.8 Å². The van der Waals surface area contributed by atoms with Crippen molar-refractivity contribution in [2.24, 2.45) is 0 Å². The van der Waals surface area contributed by atoms with Crippen LogP contribution in [0.3, 0.4) is 0 Å². The van der Waals surface area contributed by atoms with Crippen molar-refractivity contribution < 1.29 is 13.7 Å². The molecule has 0 unspecified atom stereocenters. The maximum absolute atomic E-state index is 13.3. The molecule has 2 rings (SSSR count). The number of aromatic nitrogens is 1. The van der Waals surface area contributed by atoms with Crippen LogP contribution in [0.1, 0.15) is 30.4 Å². The molecule has 5 heteroatoms. The summed E-state index contributed by atoms with van der Waals surface area (Å²) < 4.78 is 24.0. The van der Waals surface area contributed by atoms with E-state index >= 15 is 0 Å². The molecule has 0 saturated carbocycles. The van der Waals surface area contributed by atoms with Crippen LogP contribution in [0.4, 0.5) is 4.39 Å². The highest BCUT2D eigenvalue weighted by molar-refractivity contribution is 5.34. The van der Waals surface area contributed by atoms with Gasteiger partial charge >= 0.3 is 0 Å². The van der Waals surface area contributed by atoms with E-state index in [1.165, 1.54) is 12.1 Å². The highest BCUT2D eigenvalue weighted by Crippen LogP contribution is 2.21. The van der Waals surface area contributed by atoms with Crippen LogP contribution in [-0.4, -0.2) is 11.7 Å². The summed E-state index contributed by atoms with van der Waals surface area (Å²) in [4.78, 5) is 0. The lowest BCUT2D eigenvalue weighted by Gasteiger charge is -2.11. The zero-order valence-corrected chi connectivity index (χ0v) is 11.8. The predicted octanol–water partition coefficient (Wildman–Crippen LogP) is 3.20. The number of nitrogens with one attached hydrogen (secondary N) is 1. The fourth-order valence-corrected chi connectivity index (χ4v) is 1.86. The first-order chi connectivity index (χ1) is 9.69. The molecule has 0 saturated heterocycles. The van der Waals surface area contributed by atoms with E-state index in [4.69, 9.17) is 9.26 Å². The van der Waals surface area contributed by atoms with Gasteiger partial charge in [-0.15, -0.1) is 0 Å². The van der Waals surface area contributed by atoms with E-state index in [0.717, 1.165) is 30.0 Å². The molecule has 20 heavy (non-hydrogen) atoms. The van der Waals surface area contributed by atoms with E-state index in [1.54, 1.807) is 6.07 Å². The third-order valence-corrected chi connectivity index (χ3v) is 2.82. The first-order valence-electron chi connectivity index (χ1n) is 6.73. The second kappa shape index (κ2) is 7.05. The Kier molecular flexibility index (Phi) is 5.12. The lowest BCUT2D eigenvalue weighted by atomic mass is 10.2. The molecular weight excluding hydrogens is 259 g/mol. The van der Waals surface area contributed by atoms with Crippen molar-refractivity contribution in [1.82, 2.24) is 10.5 Å². The summed E-state index contributed by atoms with van der Waals surface area (Å²) in [6.07, 6.45) is 1.03. The first-order valence-corrected chi connectivity index (χ1v) is 6.73. The fourth-order valence-electron chi connectivity index (χ4n) is 1.86. The van der Waals surface area contributed by atoms with E-state index < -0.39 is 0 Å². The second-order valence-corrected chi connectivity index (χ2v) is 4.65. The van der Waals surface area contributed by atoms with Gasteiger partial charge in [-0.05, 0) is 38.1 Å². The fraction of sp³-hybridized carbons (Fsp3) is 0.400. The lowest BCUT2D eigenvalue weighted by Crippen LogP contribution is -2.15. The number of benzene rings is 1. The molecule has 2 aromatic rings. The Morgan fingerprint density at radius 2 is 2.20 bits per heavy atom. The number of hydrogen-bond donors (Lipinski definition) is 1. The lowest BCUT2D eigenvalue weighted by molar-refractivity contribution is 0.284. The minimum absolute atomic E-state index is 0.261. The van der Waals surface area contributed by atoms with Crippen LogP contribution in [0, 0.1) is 12.7 Å². The SMILES string of the molecule is CCCNCc1cc(F)ccc1OCc1cc(C)on1. The van der Waals surface area contributed by atoms with Gasteiger partial charge in [0.25, 0.3) is 0 Å². The van der Waals surface area contributed by atoms with Gasteiger partial charge < -0.3 is 14.6 Å². The molecule has 0 fully saturated rings. The Bertz CT molecular complexity index is 555. The largest absolute Gasteiger partial charge is 0.487 e. The molecule has 1 heterocycles. The Morgan fingerprint density at radius 3 is 2.90 bits per heavy atom.